The number of carboxylic acids is 1. The number of nitrogens with one attached hydrogen (secondary N) is 2. The zero-order valence-corrected chi connectivity index (χ0v) is 11.5. The Kier molecular flexibility index (Phi) is 6.23. The van der Waals surface area contributed by atoms with Gasteiger partial charge in [0, 0.05) is 11.8 Å². The van der Waals surface area contributed by atoms with Gasteiger partial charge in [0.2, 0.25) is 0 Å². The minimum absolute atomic E-state index is 0.0374. The van der Waals surface area contributed by atoms with E-state index in [9.17, 15) is 18.4 Å². The zero-order valence-electron chi connectivity index (χ0n) is 10.7. The van der Waals surface area contributed by atoms with Crippen molar-refractivity contribution in [1.82, 2.24) is 5.32 Å². The normalized spacial score (nSPS) is 11.8. The van der Waals surface area contributed by atoms with Gasteiger partial charge in [-0.05, 0) is 30.6 Å². The van der Waals surface area contributed by atoms with Crippen LogP contribution in [0.1, 0.15) is 6.42 Å². The van der Waals surface area contributed by atoms with Gasteiger partial charge in [-0.15, -0.1) is 0 Å². The van der Waals surface area contributed by atoms with E-state index in [-0.39, 0.29) is 12.1 Å². The summed E-state index contributed by atoms with van der Waals surface area (Å²) in [6.07, 6.45) is 2.09. The highest BCUT2D eigenvalue weighted by molar-refractivity contribution is 7.98. The highest BCUT2D eigenvalue weighted by Crippen LogP contribution is 2.13. The molecule has 0 fully saturated rings. The molecule has 20 heavy (non-hydrogen) atoms. The smallest absolute Gasteiger partial charge is 0.326 e. The van der Waals surface area contributed by atoms with Crippen LogP contribution in [0.25, 0.3) is 0 Å². The number of anilines is 1. The van der Waals surface area contributed by atoms with Crippen LogP contribution >= 0.6 is 11.8 Å². The molecule has 1 atom stereocenters. The van der Waals surface area contributed by atoms with Crippen molar-refractivity contribution < 1.29 is 23.5 Å². The molecule has 3 N–H and O–H groups in total. The fourth-order valence-corrected chi connectivity index (χ4v) is 1.86. The summed E-state index contributed by atoms with van der Waals surface area (Å²) in [6.45, 7) is 0. The van der Waals surface area contributed by atoms with Crippen molar-refractivity contribution in [3.63, 3.8) is 0 Å². The molecule has 0 aliphatic carbocycles. The molecule has 5 nitrogen and oxygen atoms in total. The molecule has 2 amide bonds. The number of carbonyl (C=O) groups excluding carboxylic acids is 1. The molecule has 1 rings (SSSR count). The van der Waals surface area contributed by atoms with Crippen LogP contribution in [0.3, 0.4) is 0 Å². The first-order valence-corrected chi connectivity index (χ1v) is 7.07. The number of aliphatic carboxylic acids is 1. The van der Waals surface area contributed by atoms with Gasteiger partial charge in [-0.25, -0.2) is 18.4 Å². The predicted octanol–water partition coefficient (Wildman–Crippen LogP) is 2.29. The fourth-order valence-electron chi connectivity index (χ4n) is 1.39. The number of rotatable bonds is 6. The molecule has 1 unspecified atom stereocenters. The third kappa shape index (κ3) is 5.04. The quantitative estimate of drug-likeness (QED) is 0.753. The molecule has 1 aromatic rings. The van der Waals surface area contributed by atoms with Crippen molar-refractivity contribution in [3.8, 4) is 0 Å². The Hall–Kier alpha value is -1.83. The first-order chi connectivity index (χ1) is 9.43. The number of hydrogen-bond donors (Lipinski definition) is 3. The average Bonchev–Trinajstić information content (AvgIpc) is 2.38. The lowest BCUT2D eigenvalue weighted by Crippen LogP contribution is -2.43. The molecule has 0 aliphatic heterocycles. The van der Waals surface area contributed by atoms with Crippen LogP contribution in [-0.2, 0) is 4.79 Å². The maximum atomic E-state index is 12.9. The highest BCUT2D eigenvalue weighted by atomic mass is 32.2. The molecule has 0 saturated heterocycles. The van der Waals surface area contributed by atoms with Crippen LogP contribution < -0.4 is 10.6 Å². The molecule has 0 aromatic heterocycles. The second-order valence-corrected chi connectivity index (χ2v) is 4.89. The van der Waals surface area contributed by atoms with Crippen molar-refractivity contribution in [1.29, 1.82) is 0 Å². The van der Waals surface area contributed by atoms with E-state index in [2.05, 4.69) is 10.6 Å². The van der Waals surface area contributed by atoms with Gasteiger partial charge in [0.25, 0.3) is 0 Å². The van der Waals surface area contributed by atoms with Crippen LogP contribution in [0, 0.1) is 11.6 Å². The molecule has 110 valence electrons. The van der Waals surface area contributed by atoms with Crippen molar-refractivity contribution in [2.45, 2.75) is 12.5 Å². The lowest BCUT2D eigenvalue weighted by Gasteiger charge is -2.14. The average molecular weight is 304 g/mol. The second kappa shape index (κ2) is 7.68. The first kappa shape index (κ1) is 16.2. The number of carbonyl (C=O) groups is 2. The van der Waals surface area contributed by atoms with Gasteiger partial charge in [0.15, 0.2) is 11.6 Å². The molecule has 0 saturated carbocycles. The van der Waals surface area contributed by atoms with Crippen molar-refractivity contribution >= 4 is 29.4 Å². The lowest BCUT2D eigenvalue weighted by molar-refractivity contribution is -0.139. The molecule has 0 bridgehead atoms. The summed E-state index contributed by atoms with van der Waals surface area (Å²) in [4.78, 5) is 22.5. The number of benzene rings is 1. The predicted molar refractivity (Wildman–Crippen MR) is 72.9 cm³/mol. The standard InChI is InChI=1S/C12H14F2N2O3S/c1-20-5-4-10(11(17)18)16-12(19)15-7-2-3-8(13)9(14)6-7/h2-3,6,10H,4-5H2,1H3,(H,17,18)(H2,15,16,19). The summed E-state index contributed by atoms with van der Waals surface area (Å²) in [5.41, 5.74) is 0.0374. The van der Waals surface area contributed by atoms with Crippen molar-refractivity contribution in [3.05, 3.63) is 29.8 Å². The summed E-state index contributed by atoms with van der Waals surface area (Å²) in [5.74, 6) is -2.71. The SMILES string of the molecule is CSCCC(NC(=O)Nc1ccc(F)c(F)c1)C(=O)O. The Labute approximate surface area is 118 Å². The summed E-state index contributed by atoms with van der Waals surface area (Å²) in [6, 6.07) is 1.03. The third-order valence-electron chi connectivity index (χ3n) is 2.39. The van der Waals surface area contributed by atoms with E-state index in [4.69, 9.17) is 5.11 Å². The van der Waals surface area contributed by atoms with Gasteiger partial charge >= 0.3 is 12.0 Å². The number of amides is 2. The molecule has 0 heterocycles. The Morgan fingerprint density at radius 2 is 2.05 bits per heavy atom. The second-order valence-electron chi connectivity index (χ2n) is 3.90. The van der Waals surface area contributed by atoms with E-state index >= 15 is 0 Å². The molecule has 0 radical (unpaired) electrons. The van der Waals surface area contributed by atoms with E-state index in [1.54, 1.807) is 0 Å². The van der Waals surface area contributed by atoms with Gasteiger partial charge in [-0.1, -0.05) is 0 Å². The van der Waals surface area contributed by atoms with Gasteiger partial charge in [-0.3, -0.25) is 0 Å². The van der Waals surface area contributed by atoms with Crippen molar-refractivity contribution in [2.24, 2.45) is 0 Å². The van der Waals surface area contributed by atoms with E-state index in [1.807, 2.05) is 6.26 Å². The summed E-state index contributed by atoms with van der Waals surface area (Å²) in [5, 5.41) is 13.4. The molecular formula is C12H14F2N2O3S. The van der Waals surface area contributed by atoms with Crippen LogP contribution in [0.4, 0.5) is 19.3 Å². The van der Waals surface area contributed by atoms with Gasteiger partial charge in [-0.2, -0.15) is 11.8 Å². The Morgan fingerprint density at radius 1 is 1.35 bits per heavy atom. The van der Waals surface area contributed by atoms with E-state index in [1.165, 1.54) is 17.8 Å². The topological polar surface area (TPSA) is 78.4 Å². The van der Waals surface area contributed by atoms with Crippen LogP contribution in [0.5, 0.6) is 0 Å². The number of thioether (sulfide) groups is 1. The summed E-state index contributed by atoms with van der Waals surface area (Å²) < 4.78 is 25.7. The monoisotopic (exact) mass is 304 g/mol. The number of carboxylic acid groups (broad SMARTS) is 1. The maximum absolute atomic E-state index is 12.9. The molecule has 8 heteroatoms. The number of urea groups is 1. The number of hydrogen-bond acceptors (Lipinski definition) is 3. The summed E-state index contributed by atoms with van der Waals surface area (Å²) >= 11 is 1.46. The number of halogens is 2. The zero-order chi connectivity index (χ0) is 15.1. The van der Waals surface area contributed by atoms with Gasteiger partial charge in [0.1, 0.15) is 6.04 Å². The van der Waals surface area contributed by atoms with E-state index in [0.717, 1.165) is 12.1 Å². The summed E-state index contributed by atoms with van der Waals surface area (Å²) in [7, 11) is 0. The third-order valence-corrected chi connectivity index (χ3v) is 3.04. The molecular weight excluding hydrogens is 290 g/mol. The minimum Gasteiger partial charge on any atom is -0.480 e. The van der Waals surface area contributed by atoms with Gasteiger partial charge < -0.3 is 15.7 Å². The first-order valence-electron chi connectivity index (χ1n) is 5.68. The minimum atomic E-state index is -1.15. The van der Waals surface area contributed by atoms with E-state index in [0.29, 0.717) is 5.75 Å². The van der Waals surface area contributed by atoms with Crippen LogP contribution in [0.15, 0.2) is 18.2 Å². The molecule has 0 spiro atoms. The molecule has 0 aliphatic rings. The van der Waals surface area contributed by atoms with Gasteiger partial charge in [0.05, 0.1) is 0 Å². The Morgan fingerprint density at radius 3 is 2.60 bits per heavy atom. The lowest BCUT2D eigenvalue weighted by atomic mass is 10.2. The van der Waals surface area contributed by atoms with Crippen LogP contribution in [-0.4, -0.2) is 35.2 Å². The molecule has 1 aromatic carbocycles. The Balaban J connectivity index is 2.60. The van der Waals surface area contributed by atoms with Crippen molar-refractivity contribution in [2.75, 3.05) is 17.3 Å². The van der Waals surface area contributed by atoms with Crippen LogP contribution in [0.2, 0.25) is 0 Å². The maximum Gasteiger partial charge on any atom is 0.326 e. The largest absolute Gasteiger partial charge is 0.480 e. The fraction of sp³-hybridized carbons (Fsp3) is 0.333. The highest BCUT2D eigenvalue weighted by Gasteiger charge is 2.19. The Bertz CT molecular complexity index is 500. The van der Waals surface area contributed by atoms with E-state index < -0.39 is 29.7 Å².